The third-order valence-electron chi connectivity index (χ3n) is 2.37. The molecule has 2 atom stereocenters. The third kappa shape index (κ3) is 1.15. The zero-order chi connectivity index (χ0) is 9.30. The van der Waals surface area contributed by atoms with Gasteiger partial charge in [-0.15, -0.1) is 6.58 Å². The van der Waals surface area contributed by atoms with Gasteiger partial charge >= 0.3 is 0 Å². The molecule has 3 heteroatoms. The lowest BCUT2D eigenvalue weighted by Crippen LogP contribution is -2.30. The highest BCUT2D eigenvalue weighted by molar-refractivity contribution is 6.04. The van der Waals surface area contributed by atoms with Crippen molar-refractivity contribution in [1.29, 1.82) is 0 Å². The molecule has 0 N–H and O–H groups in total. The molecule has 1 heterocycles. The van der Waals surface area contributed by atoms with E-state index in [4.69, 9.17) is 0 Å². The average molecular weight is 167 g/mol. The van der Waals surface area contributed by atoms with Gasteiger partial charge < -0.3 is 0 Å². The molecule has 0 radical (unpaired) electrons. The van der Waals surface area contributed by atoms with E-state index in [9.17, 15) is 9.59 Å². The summed E-state index contributed by atoms with van der Waals surface area (Å²) in [4.78, 5) is 24.0. The van der Waals surface area contributed by atoms with Crippen molar-refractivity contribution in [3.63, 3.8) is 0 Å². The van der Waals surface area contributed by atoms with E-state index in [1.807, 2.05) is 0 Å². The number of likely N-dealkylation sites (tertiary alicyclic amines) is 1. The van der Waals surface area contributed by atoms with Crippen LogP contribution < -0.4 is 0 Å². The molecular formula is C9H13NO2. The van der Waals surface area contributed by atoms with Crippen LogP contribution in [0.5, 0.6) is 0 Å². The summed E-state index contributed by atoms with van der Waals surface area (Å²) in [7, 11) is 0. The van der Waals surface area contributed by atoms with Crippen molar-refractivity contribution >= 4 is 11.8 Å². The Kier molecular flexibility index (Phi) is 2.31. The molecule has 0 bridgehead atoms. The van der Waals surface area contributed by atoms with Crippen LogP contribution in [-0.4, -0.2) is 23.3 Å². The highest BCUT2D eigenvalue weighted by Gasteiger charge is 2.41. The maximum atomic E-state index is 11.4. The molecule has 0 aromatic heterocycles. The summed E-state index contributed by atoms with van der Waals surface area (Å²) in [6.45, 7) is 7.41. The van der Waals surface area contributed by atoms with Crippen molar-refractivity contribution in [3.8, 4) is 0 Å². The molecule has 0 aromatic carbocycles. The normalized spacial score (nSPS) is 29.7. The monoisotopic (exact) mass is 167 g/mol. The second kappa shape index (κ2) is 3.09. The highest BCUT2D eigenvalue weighted by Crippen LogP contribution is 2.24. The Labute approximate surface area is 72.0 Å². The van der Waals surface area contributed by atoms with Gasteiger partial charge in [0.05, 0.1) is 0 Å². The van der Waals surface area contributed by atoms with Gasteiger partial charge in [-0.1, -0.05) is 19.9 Å². The number of hydrogen-bond donors (Lipinski definition) is 0. The lowest BCUT2D eigenvalue weighted by Gasteiger charge is -2.10. The molecule has 0 saturated carbocycles. The molecule has 3 nitrogen and oxygen atoms in total. The quantitative estimate of drug-likeness (QED) is 0.451. The van der Waals surface area contributed by atoms with E-state index in [0.29, 0.717) is 6.54 Å². The fourth-order valence-electron chi connectivity index (χ4n) is 1.34. The third-order valence-corrected chi connectivity index (χ3v) is 2.37. The van der Waals surface area contributed by atoms with E-state index < -0.39 is 0 Å². The van der Waals surface area contributed by atoms with Gasteiger partial charge in [-0.2, -0.15) is 0 Å². The number of carbonyl (C=O) groups excluding carboxylic acids is 2. The Hall–Kier alpha value is -1.12. The van der Waals surface area contributed by atoms with E-state index in [0.717, 1.165) is 0 Å². The second-order valence-corrected chi connectivity index (χ2v) is 3.15. The summed E-state index contributed by atoms with van der Waals surface area (Å²) in [5.41, 5.74) is 0. The van der Waals surface area contributed by atoms with Crippen LogP contribution in [0, 0.1) is 11.8 Å². The first kappa shape index (κ1) is 8.97. The fraction of sp³-hybridized carbons (Fsp3) is 0.556. The molecule has 0 spiro atoms. The first-order valence-electron chi connectivity index (χ1n) is 4.05. The van der Waals surface area contributed by atoms with Crippen molar-refractivity contribution in [1.82, 2.24) is 4.90 Å². The van der Waals surface area contributed by atoms with Crippen LogP contribution in [0.15, 0.2) is 12.7 Å². The Morgan fingerprint density at radius 1 is 1.33 bits per heavy atom. The summed E-state index contributed by atoms with van der Waals surface area (Å²) in [6.07, 6.45) is 1.57. The summed E-state index contributed by atoms with van der Waals surface area (Å²) in [5.74, 6) is -0.491. The molecule has 2 unspecified atom stereocenters. The minimum absolute atomic E-state index is 0.0765. The van der Waals surface area contributed by atoms with Crippen LogP contribution >= 0.6 is 0 Å². The van der Waals surface area contributed by atoms with E-state index in [2.05, 4.69) is 6.58 Å². The molecule has 1 aliphatic rings. The predicted octanol–water partition coefficient (Wildman–Crippen LogP) is 0.813. The number of rotatable bonds is 2. The van der Waals surface area contributed by atoms with Crippen LogP contribution in [-0.2, 0) is 9.59 Å². The number of hydrogen-bond acceptors (Lipinski definition) is 2. The van der Waals surface area contributed by atoms with E-state index in [-0.39, 0.29) is 23.7 Å². The van der Waals surface area contributed by atoms with Gasteiger partial charge in [0.2, 0.25) is 11.8 Å². The Balaban J connectivity index is 2.83. The van der Waals surface area contributed by atoms with Gasteiger partial charge in [-0.05, 0) is 0 Å². The second-order valence-electron chi connectivity index (χ2n) is 3.15. The maximum Gasteiger partial charge on any atom is 0.233 e. The average Bonchev–Trinajstić information content (AvgIpc) is 2.23. The SMILES string of the molecule is C=CCN1C(=O)C(C)C(C)C1=O. The molecule has 1 fully saturated rings. The Bertz CT molecular complexity index is 215. The van der Waals surface area contributed by atoms with Gasteiger partial charge in [-0.25, -0.2) is 0 Å². The molecule has 1 aliphatic heterocycles. The van der Waals surface area contributed by atoms with Gasteiger partial charge in [0.25, 0.3) is 0 Å². The minimum atomic E-state index is -0.169. The molecule has 0 aromatic rings. The zero-order valence-corrected chi connectivity index (χ0v) is 7.41. The van der Waals surface area contributed by atoms with E-state index in [1.165, 1.54) is 4.90 Å². The lowest BCUT2D eigenvalue weighted by molar-refractivity contribution is -0.139. The fourth-order valence-corrected chi connectivity index (χ4v) is 1.34. The van der Waals surface area contributed by atoms with Crippen molar-refractivity contribution in [2.75, 3.05) is 6.54 Å². The first-order valence-corrected chi connectivity index (χ1v) is 4.05. The number of imide groups is 1. The standard InChI is InChI=1S/C9H13NO2/c1-4-5-10-8(11)6(2)7(3)9(10)12/h4,6-7H,1,5H2,2-3H3. The summed E-state index contributed by atoms with van der Waals surface area (Å²) >= 11 is 0. The van der Waals surface area contributed by atoms with Gasteiger partial charge in [0.1, 0.15) is 0 Å². The van der Waals surface area contributed by atoms with Gasteiger partial charge in [-0.3, -0.25) is 14.5 Å². The molecule has 12 heavy (non-hydrogen) atoms. The van der Waals surface area contributed by atoms with Crippen LogP contribution in [0.1, 0.15) is 13.8 Å². The summed E-state index contributed by atoms with van der Waals surface area (Å²) in [6, 6.07) is 0. The number of carbonyl (C=O) groups is 2. The van der Waals surface area contributed by atoms with Crippen LogP contribution in [0.4, 0.5) is 0 Å². The summed E-state index contributed by atoms with van der Waals surface area (Å²) < 4.78 is 0. The molecule has 0 aliphatic carbocycles. The highest BCUT2D eigenvalue weighted by atomic mass is 16.2. The predicted molar refractivity (Wildman–Crippen MR) is 45.2 cm³/mol. The van der Waals surface area contributed by atoms with Crippen LogP contribution in [0.2, 0.25) is 0 Å². The Morgan fingerprint density at radius 2 is 1.75 bits per heavy atom. The number of nitrogens with zero attached hydrogens (tertiary/aromatic N) is 1. The molecule has 1 saturated heterocycles. The zero-order valence-electron chi connectivity index (χ0n) is 7.41. The topological polar surface area (TPSA) is 37.4 Å². The van der Waals surface area contributed by atoms with Crippen LogP contribution in [0.3, 0.4) is 0 Å². The molecule has 1 rings (SSSR count). The minimum Gasteiger partial charge on any atom is -0.278 e. The molecule has 66 valence electrons. The van der Waals surface area contributed by atoms with E-state index >= 15 is 0 Å². The van der Waals surface area contributed by atoms with Crippen molar-refractivity contribution < 1.29 is 9.59 Å². The summed E-state index contributed by atoms with van der Waals surface area (Å²) in [5, 5.41) is 0. The largest absolute Gasteiger partial charge is 0.278 e. The maximum absolute atomic E-state index is 11.4. The number of amides is 2. The smallest absolute Gasteiger partial charge is 0.233 e. The first-order chi connectivity index (χ1) is 5.59. The van der Waals surface area contributed by atoms with Gasteiger partial charge in [0, 0.05) is 18.4 Å². The van der Waals surface area contributed by atoms with Crippen LogP contribution in [0.25, 0.3) is 0 Å². The lowest BCUT2D eigenvalue weighted by atomic mass is 10.00. The van der Waals surface area contributed by atoms with Crippen molar-refractivity contribution in [2.24, 2.45) is 11.8 Å². The Morgan fingerprint density at radius 3 is 2.08 bits per heavy atom. The van der Waals surface area contributed by atoms with Crippen molar-refractivity contribution in [3.05, 3.63) is 12.7 Å². The van der Waals surface area contributed by atoms with E-state index in [1.54, 1.807) is 19.9 Å². The molecular weight excluding hydrogens is 154 g/mol. The van der Waals surface area contributed by atoms with Crippen molar-refractivity contribution in [2.45, 2.75) is 13.8 Å². The van der Waals surface area contributed by atoms with Gasteiger partial charge in [0.15, 0.2) is 0 Å². The molecule has 2 amide bonds.